The molecule has 0 N–H and O–H groups in total. The molecule has 0 aromatic heterocycles. The molecular formula is C16H21Cl2N. The predicted octanol–water partition coefficient (Wildman–Crippen LogP) is 5.24. The minimum Gasteiger partial charge on any atom is -0.370 e. The Hall–Kier alpha value is -0.400. The van der Waals surface area contributed by atoms with Crippen LogP contribution in [-0.4, -0.2) is 13.1 Å². The van der Waals surface area contributed by atoms with E-state index in [4.69, 9.17) is 23.2 Å². The molecule has 1 saturated heterocycles. The van der Waals surface area contributed by atoms with E-state index in [1.807, 2.05) is 6.07 Å². The molecule has 1 nitrogen and oxygen atoms in total. The first-order chi connectivity index (χ1) is 9.22. The normalized spacial score (nSPS) is 22.1. The van der Waals surface area contributed by atoms with Crippen LogP contribution < -0.4 is 4.90 Å². The average molecular weight is 298 g/mol. The smallest absolute Gasteiger partial charge is 0.0642 e. The molecule has 3 heteroatoms. The molecule has 1 spiro atoms. The SMILES string of the molecule is ClCc1ccc(N2CCC3(CCCCC3)C2)c(Cl)c1. The Kier molecular flexibility index (Phi) is 3.96. The molecule has 1 aliphatic heterocycles. The Labute approximate surface area is 125 Å². The number of anilines is 1. The number of rotatable bonds is 2. The van der Waals surface area contributed by atoms with E-state index in [1.165, 1.54) is 50.8 Å². The zero-order chi connectivity index (χ0) is 13.3. The largest absolute Gasteiger partial charge is 0.370 e. The van der Waals surface area contributed by atoms with Gasteiger partial charge in [-0.2, -0.15) is 0 Å². The van der Waals surface area contributed by atoms with Gasteiger partial charge in [-0.05, 0) is 42.4 Å². The number of alkyl halides is 1. The Bertz CT molecular complexity index is 452. The van der Waals surface area contributed by atoms with Gasteiger partial charge >= 0.3 is 0 Å². The molecule has 2 fully saturated rings. The maximum Gasteiger partial charge on any atom is 0.0642 e. The first-order valence-corrected chi connectivity index (χ1v) is 8.23. The summed E-state index contributed by atoms with van der Waals surface area (Å²) < 4.78 is 0. The third-order valence-electron chi connectivity index (χ3n) is 4.86. The fourth-order valence-corrected chi connectivity index (χ4v) is 4.23. The highest BCUT2D eigenvalue weighted by Gasteiger charge is 2.39. The standard InChI is InChI=1S/C16H21Cl2N/c17-11-13-4-5-15(14(18)10-13)19-9-8-16(12-19)6-2-1-3-7-16/h4-5,10H,1-3,6-9,11-12H2. The van der Waals surface area contributed by atoms with Crippen LogP contribution in [0.2, 0.25) is 5.02 Å². The van der Waals surface area contributed by atoms with E-state index in [0.29, 0.717) is 11.3 Å². The Morgan fingerprint density at radius 3 is 2.58 bits per heavy atom. The van der Waals surface area contributed by atoms with E-state index < -0.39 is 0 Å². The van der Waals surface area contributed by atoms with E-state index in [0.717, 1.165) is 17.1 Å². The molecule has 0 bridgehead atoms. The molecule has 1 aromatic carbocycles. The van der Waals surface area contributed by atoms with Crippen LogP contribution in [0, 0.1) is 5.41 Å². The second-order valence-electron chi connectivity index (χ2n) is 6.15. The van der Waals surface area contributed by atoms with Gasteiger partial charge in [0, 0.05) is 19.0 Å². The summed E-state index contributed by atoms with van der Waals surface area (Å²) in [6.07, 6.45) is 8.38. The van der Waals surface area contributed by atoms with Crippen LogP contribution in [0.25, 0.3) is 0 Å². The third-order valence-corrected chi connectivity index (χ3v) is 5.47. The summed E-state index contributed by atoms with van der Waals surface area (Å²) in [5.74, 6) is 0.532. The molecule has 104 valence electrons. The quantitative estimate of drug-likeness (QED) is 0.675. The Balaban J connectivity index is 1.77. The van der Waals surface area contributed by atoms with Crippen molar-refractivity contribution in [3.8, 4) is 0 Å². The Morgan fingerprint density at radius 2 is 1.89 bits per heavy atom. The maximum atomic E-state index is 6.42. The minimum absolute atomic E-state index is 0.532. The fraction of sp³-hybridized carbons (Fsp3) is 0.625. The van der Waals surface area contributed by atoms with Crippen molar-refractivity contribution in [3.63, 3.8) is 0 Å². The van der Waals surface area contributed by atoms with Crippen molar-refractivity contribution in [1.29, 1.82) is 0 Å². The summed E-state index contributed by atoms with van der Waals surface area (Å²) in [5, 5.41) is 0.853. The van der Waals surface area contributed by atoms with Gasteiger partial charge in [0.2, 0.25) is 0 Å². The third kappa shape index (κ3) is 2.73. The van der Waals surface area contributed by atoms with Gasteiger partial charge in [-0.3, -0.25) is 0 Å². The minimum atomic E-state index is 0.532. The average Bonchev–Trinajstić information content (AvgIpc) is 2.83. The zero-order valence-electron chi connectivity index (χ0n) is 11.3. The van der Waals surface area contributed by atoms with Crippen molar-refractivity contribution < 1.29 is 0 Å². The second-order valence-corrected chi connectivity index (χ2v) is 6.83. The van der Waals surface area contributed by atoms with Crippen LogP contribution in [0.5, 0.6) is 0 Å². The van der Waals surface area contributed by atoms with Gasteiger partial charge in [-0.25, -0.2) is 0 Å². The first-order valence-electron chi connectivity index (χ1n) is 7.32. The lowest BCUT2D eigenvalue weighted by Gasteiger charge is -2.33. The van der Waals surface area contributed by atoms with Crippen LogP contribution in [0.15, 0.2) is 18.2 Å². The lowest BCUT2D eigenvalue weighted by Crippen LogP contribution is -2.29. The van der Waals surface area contributed by atoms with Crippen molar-refractivity contribution in [2.75, 3.05) is 18.0 Å². The number of benzene rings is 1. The molecule has 0 atom stereocenters. The van der Waals surface area contributed by atoms with E-state index >= 15 is 0 Å². The molecule has 2 aliphatic rings. The van der Waals surface area contributed by atoms with Gasteiger partial charge in [-0.15, -0.1) is 11.6 Å². The molecule has 0 amide bonds. The summed E-state index contributed by atoms with van der Waals surface area (Å²) in [4.78, 5) is 2.48. The van der Waals surface area contributed by atoms with Crippen molar-refractivity contribution in [2.24, 2.45) is 5.41 Å². The van der Waals surface area contributed by atoms with Crippen LogP contribution in [-0.2, 0) is 5.88 Å². The summed E-state index contributed by atoms with van der Waals surface area (Å²) in [7, 11) is 0. The topological polar surface area (TPSA) is 3.24 Å². The van der Waals surface area contributed by atoms with Gasteiger partial charge in [0.15, 0.2) is 0 Å². The fourth-order valence-electron chi connectivity index (χ4n) is 3.74. The highest BCUT2D eigenvalue weighted by atomic mass is 35.5. The molecule has 1 aromatic rings. The number of halogens is 2. The molecule has 1 saturated carbocycles. The molecule has 0 unspecified atom stereocenters. The second kappa shape index (κ2) is 5.54. The lowest BCUT2D eigenvalue weighted by atomic mass is 9.73. The number of nitrogens with zero attached hydrogens (tertiary/aromatic N) is 1. The van der Waals surface area contributed by atoms with E-state index in [9.17, 15) is 0 Å². The van der Waals surface area contributed by atoms with E-state index in [2.05, 4.69) is 17.0 Å². The number of hydrogen-bond donors (Lipinski definition) is 0. The van der Waals surface area contributed by atoms with Gasteiger partial charge in [0.25, 0.3) is 0 Å². The van der Waals surface area contributed by atoms with Gasteiger partial charge < -0.3 is 4.90 Å². The van der Waals surface area contributed by atoms with Gasteiger partial charge in [0.05, 0.1) is 10.7 Å². The highest BCUT2D eigenvalue weighted by Crippen LogP contribution is 2.45. The van der Waals surface area contributed by atoms with E-state index in [-0.39, 0.29) is 0 Å². The predicted molar refractivity (Wildman–Crippen MR) is 83.4 cm³/mol. The van der Waals surface area contributed by atoms with Gasteiger partial charge in [0.1, 0.15) is 0 Å². The molecule has 3 rings (SSSR count). The zero-order valence-corrected chi connectivity index (χ0v) is 12.8. The van der Waals surface area contributed by atoms with Crippen molar-refractivity contribution >= 4 is 28.9 Å². The summed E-state index contributed by atoms with van der Waals surface area (Å²) in [6.45, 7) is 2.34. The van der Waals surface area contributed by atoms with Gasteiger partial charge in [-0.1, -0.05) is 36.9 Å². The molecule has 1 heterocycles. The molecular weight excluding hydrogens is 277 g/mol. The van der Waals surface area contributed by atoms with Crippen molar-refractivity contribution in [1.82, 2.24) is 0 Å². The maximum absolute atomic E-state index is 6.42. The molecule has 0 radical (unpaired) electrons. The van der Waals surface area contributed by atoms with E-state index in [1.54, 1.807) is 0 Å². The van der Waals surface area contributed by atoms with Crippen LogP contribution in [0.3, 0.4) is 0 Å². The molecule has 19 heavy (non-hydrogen) atoms. The Morgan fingerprint density at radius 1 is 1.11 bits per heavy atom. The van der Waals surface area contributed by atoms with Crippen LogP contribution in [0.4, 0.5) is 5.69 Å². The van der Waals surface area contributed by atoms with Crippen molar-refractivity contribution in [3.05, 3.63) is 28.8 Å². The van der Waals surface area contributed by atoms with Crippen LogP contribution in [0.1, 0.15) is 44.1 Å². The summed E-state index contributed by atoms with van der Waals surface area (Å²) in [6, 6.07) is 6.25. The summed E-state index contributed by atoms with van der Waals surface area (Å²) in [5.41, 5.74) is 2.87. The highest BCUT2D eigenvalue weighted by molar-refractivity contribution is 6.33. The first kappa shape index (κ1) is 13.6. The van der Waals surface area contributed by atoms with Crippen LogP contribution >= 0.6 is 23.2 Å². The summed E-state index contributed by atoms with van der Waals surface area (Å²) >= 11 is 12.3. The molecule has 1 aliphatic carbocycles. The lowest BCUT2D eigenvalue weighted by molar-refractivity contribution is 0.219. The van der Waals surface area contributed by atoms with Crippen molar-refractivity contribution in [2.45, 2.75) is 44.4 Å². The number of hydrogen-bond acceptors (Lipinski definition) is 1. The monoisotopic (exact) mass is 297 g/mol.